The third kappa shape index (κ3) is 3.92. The van der Waals surface area contributed by atoms with Crippen molar-refractivity contribution in [1.29, 1.82) is 0 Å². The molecule has 0 aliphatic heterocycles. The number of sulfonamides is 1. The lowest BCUT2D eigenvalue weighted by Gasteiger charge is -2.08. The normalized spacial score (nSPS) is 12.4. The number of rotatable bonds is 3. The lowest BCUT2D eigenvalue weighted by Crippen LogP contribution is -2.08. The van der Waals surface area contributed by atoms with Gasteiger partial charge in [0.05, 0.1) is 5.41 Å². The van der Waals surface area contributed by atoms with Crippen molar-refractivity contribution in [3.63, 3.8) is 0 Å². The average Bonchev–Trinajstić information content (AvgIpc) is 2.37. The summed E-state index contributed by atoms with van der Waals surface area (Å²) in [6, 6.07) is 16.1. The van der Waals surface area contributed by atoms with E-state index in [2.05, 4.69) is 0 Å². The third-order valence-corrected chi connectivity index (χ3v) is 3.34. The van der Waals surface area contributed by atoms with Crippen LogP contribution in [0.2, 0.25) is 5.02 Å². The van der Waals surface area contributed by atoms with Crippen LogP contribution in [0.3, 0.4) is 0 Å². The van der Waals surface area contributed by atoms with Crippen LogP contribution < -0.4 is 5.14 Å². The fourth-order valence-electron chi connectivity index (χ4n) is 1.71. The fraction of sp³-hybridized carbons (Fsp3) is 0. The number of hydrogen-bond acceptors (Lipinski definition) is 2. The molecule has 2 aromatic rings. The fourth-order valence-corrected chi connectivity index (χ4v) is 2.44. The minimum atomic E-state index is -3.72. The SMILES string of the molecule is NS(=O)(=O)C=C(c1ccccc1)c1ccc(Cl)cc1. The van der Waals surface area contributed by atoms with Gasteiger partial charge >= 0.3 is 0 Å². The Bertz CT molecular complexity index is 692. The maximum absolute atomic E-state index is 11.3. The molecule has 2 N–H and O–H groups in total. The van der Waals surface area contributed by atoms with Gasteiger partial charge in [0, 0.05) is 10.6 Å². The van der Waals surface area contributed by atoms with Gasteiger partial charge in [0.25, 0.3) is 0 Å². The molecule has 19 heavy (non-hydrogen) atoms. The molecule has 3 nitrogen and oxygen atoms in total. The van der Waals surface area contributed by atoms with Gasteiger partial charge < -0.3 is 0 Å². The number of halogens is 1. The Hall–Kier alpha value is -1.62. The quantitative estimate of drug-likeness (QED) is 0.945. The van der Waals surface area contributed by atoms with E-state index < -0.39 is 10.0 Å². The van der Waals surface area contributed by atoms with Gasteiger partial charge in [-0.05, 0) is 23.3 Å². The van der Waals surface area contributed by atoms with Gasteiger partial charge in [-0.1, -0.05) is 54.1 Å². The van der Waals surface area contributed by atoms with Crippen LogP contribution in [0.4, 0.5) is 0 Å². The molecule has 0 fully saturated rings. The second-order valence-corrected chi connectivity index (χ2v) is 5.84. The highest BCUT2D eigenvalue weighted by Crippen LogP contribution is 2.25. The van der Waals surface area contributed by atoms with E-state index in [9.17, 15) is 8.42 Å². The molecule has 0 heterocycles. The molecule has 0 unspecified atom stereocenters. The van der Waals surface area contributed by atoms with E-state index in [1.165, 1.54) is 0 Å². The van der Waals surface area contributed by atoms with Crippen LogP contribution in [0, 0.1) is 0 Å². The highest BCUT2D eigenvalue weighted by atomic mass is 35.5. The molecule has 0 saturated carbocycles. The van der Waals surface area contributed by atoms with Crippen molar-refractivity contribution in [2.24, 2.45) is 5.14 Å². The number of primary sulfonamides is 1. The molecule has 0 saturated heterocycles. The highest BCUT2D eigenvalue weighted by Gasteiger charge is 2.08. The first-order valence-corrected chi connectivity index (χ1v) is 7.50. The summed E-state index contributed by atoms with van der Waals surface area (Å²) in [4.78, 5) is 0. The number of hydrogen-bond donors (Lipinski definition) is 1. The molecular formula is C14H12ClNO2S. The van der Waals surface area contributed by atoms with Crippen molar-refractivity contribution < 1.29 is 8.42 Å². The maximum atomic E-state index is 11.3. The van der Waals surface area contributed by atoms with Crippen LogP contribution in [-0.2, 0) is 10.0 Å². The van der Waals surface area contributed by atoms with Gasteiger partial charge in [0.2, 0.25) is 10.0 Å². The van der Waals surface area contributed by atoms with Crippen molar-refractivity contribution >= 4 is 27.2 Å². The predicted octanol–water partition coefficient (Wildman–Crippen LogP) is 3.02. The minimum absolute atomic E-state index is 0.541. The standard InChI is InChI=1S/C14H12ClNO2S/c15-13-8-6-12(7-9-13)14(10-19(16,17)18)11-4-2-1-3-5-11/h1-10H,(H2,16,17,18). The van der Waals surface area contributed by atoms with E-state index in [1.807, 2.05) is 30.3 Å². The van der Waals surface area contributed by atoms with Crippen molar-refractivity contribution in [3.8, 4) is 0 Å². The number of benzene rings is 2. The summed E-state index contributed by atoms with van der Waals surface area (Å²) in [5.74, 6) is 0. The van der Waals surface area contributed by atoms with Crippen molar-refractivity contribution in [1.82, 2.24) is 0 Å². The summed E-state index contributed by atoms with van der Waals surface area (Å²) in [6.07, 6.45) is 0. The first-order valence-electron chi connectivity index (χ1n) is 5.51. The molecule has 0 radical (unpaired) electrons. The number of nitrogens with two attached hydrogens (primary N) is 1. The van der Waals surface area contributed by atoms with Crippen molar-refractivity contribution in [3.05, 3.63) is 76.2 Å². The largest absolute Gasteiger partial charge is 0.231 e. The third-order valence-electron chi connectivity index (χ3n) is 2.52. The Labute approximate surface area is 117 Å². The molecule has 2 aromatic carbocycles. The van der Waals surface area contributed by atoms with E-state index in [0.29, 0.717) is 10.6 Å². The molecule has 98 valence electrons. The monoisotopic (exact) mass is 293 g/mol. The van der Waals surface area contributed by atoms with E-state index >= 15 is 0 Å². The Balaban J connectivity index is 2.59. The molecule has 0 atom stereocenters. The van der Waals surface area contributed by atoms with Gasteiger partial charge in [-0.15, -0.1) is 0 Å². The van der Waals surface area contributed by atoms with Gasteiger partial charge in [0.15, 0.2) is 0 Å². The topological polar surface area (TPSA) is 60.2 Å². The maximum Gasteiger partial charge on any atom is 0.231 e. The molecule has 0 aromatic heterocycles. The zero-order chi connectivity index (χ0) is 13.9. The van der Waals surface area contributed by atoms with E-state index in [0.717, 1.165) is 16.5 Å². The molecule has 2 rings (SSSR count). The predicted molar refractivity (Wildman–Crippen MR) is 78.1 cm³/mol. The lowest BCUT2D eigenvalue weighted by molar-refractivity contribution is 0.606. The molecule has 5 heteroatoms. The van der Waals surface area contributed by atoms with E-state index in [1.54, 1.807) is 24.3 Å². The second kappa shape index (κ2) is 5.57. The van der Waals surface area contributed by atoms with Crippen LogP contribution in [0.1, 0.15) is 11.1 Å². The summed E-state index contributed by atoms with van der Waals surface area (Å²) >= 11 is 5.83. The van der Waals surface area contributed by atoms with Gasteiger partial charge in [-0.3, -0.25) is 0 Å². The van der Waals surface area contributed by atoms with Crippen LogP contribution in [0.5, 0.6) is 0 Å². The summed E-state index contributed by atoms with van der Waals surface area (Å²) in [5.41, 5.74) is 2.06. The van der Waals surface area contributed by atoms with Crippen molar-refractivity contribution in [2.75, 3.05) is 0 Å². The molecular weight excluding hydrogens is 282 g/mol. The van der Waals surface area contributed by atoms with Crippen molar-refractivity contribution in [2.45, 2.75) is 0 Å². The van der Waals surface area contributed by atoms with Crippen LogP contribution in [-0.4, -0.2) is 8.42 Å². The van der Waals surface area contributed by atoms with E-state index in [4.69, 9.17) is 16.7 Å². The van der Waals surface area contributed by atoms with Crippen LogP contribution >= 0.6 is 11.6 Å². The first-order chi connectivity index (χ1) is 8.96. The first kappa shape index (κ1) is 13.8. The van der Waals surface area contributed by atoms with E-state index in [-0.39, 0.29) is 0 Å². The molecule has 0 aliphatic carbocycles. The minimum Gasteiger partial charge on any atom is -0.225 e. The molecule has 0 amide bonds. The average molecular weight is 294 g/mol. The van der Waals surface area contributed by atoms with Gasteiger partial charge in [0.1, 0.15) is 0 Å². The Morgan fingerprint density at radius 2 is 1.47 bits per heavy atom. The lowest BCUT2D eigenvalue weighted by atomic mass is 10.00. The summed E-state index contributed by atoms with van der Waals surface area (Å²) in [6.45, 7) is 0. The Morgan fingerprint density at radius 1 is 0.947 bits per heavy atom. The smallest absolute Gasteiger partial charge is 0.225 e. The highest BCUT2D eigenvalue weighted by molar-refractivity contribution is 7.92. The molecule has 0 bridgehead atoms. The zero-order valence-electron chi connectivity index (χ0n) is 9.95. The summed E-state index contributed by atoms with van der Waals surface area (Å²) < 4.78 is 22.7. The summed E-state index contributed by atoms with van der Waals surface area (Å²) in [7, 11) is -3.72. The molecule has 0 aliphatic rings. The zero-order valence-corrected chi connectivity index (χ0v) is 11.5. The summed E-state index contributed by atoms with van der Waals surface area (Å²) in [5, 5.41) is 6.76. The van der Waals surface area contributed by atoms with Crippen LogP contribution in [0.15, 0.2) is 60.0 Å². The Morgan fingerprint density at radius 3 is 2.00 bits per heavy atom. The molecule has 0 spiro atoms. The second-order valence-electron chi connectivity index (χ2n) is 3.99. The van der Waals surface area contributed by atoms with Crippen LogP contribution in [0.25, 0.3) is 5.57 Å². The van der Waals surface area contributed by atoms with Gasteiger partial charge in [-0.2, -0.15) is 0 Å². The van der Waals surface area contributed by atoms with Gasteiger partial charge in [-0.25, -0.2) is 13.6 Å². The Kier molecular flexibility index (Phi) is 4.04.